The zero-order valence-electron chi connectivity index (χ0n) is 12.4. The molecule has 1 heterocycles. The lowest BCUT2D eigenvalue weighted by Crippen LogP contribution is -2.38. The number of β-amino-alcohol motifs (C(OH)–C–C–N with tert-alkyl or cyclic N) is 1. The molecule has 1 aromatic rings. The third-order valence-corrected chi connectivity index (χ3v) is 3.76. The van der Waals surface area contributed by atoms with Gasteiger partial charge in [-0.15, -0.1) is 0 Å². The highest BCUT2D eigenvalue weighted by Crippen LogP contribution is 2.33. The summed E-state index contributed by atoms with van der Waals surface area (Å²) in [5, 5.41) is 9.96. The summed E-state index contributed by atoms with van der Waals surface area (Å²) in [4.78, 5) is 4.17. The molecule has 0 bridgehead atoms. The number of anilines is 1. The number of nitrogens with two attached hydrogens (primary N) is 1. The van der Waals surface area contributed by atoms with Gasteiger partial charge in [0.1, 0.15) is 5.82 Å². The SMILES string of the molecule is C[C@H](N)c1c(F)cccc1N1CC(O)CC1CN(C)C. The summed E-state index contributed by atoms with van der Waals surface area (Å²) in [7, 11) is 4.00. The van der Waals surface area contributed by atoms with E-state index in [1.54, 1.807) is 13.0 Å². The number of rotatable bonds is 4. The molecule has 0 spiro atoms. The van der Waals surface area contributed by atoms with Gasteiger partial charge >= 0.3 is 0 Å². The third kappa shape index (κ3) is 3.11. The second-order valence-corrected chi connectivity index (χ2v) is 5.92. The van der Waals surface area contributed by atoms with Gasteiger partial charge in [-0.1, -0.05) is 6.07 Å². The minimum atomic E-state index is -0.371. The fourth-order valence-electron chi connectivity index (χ4n) is 3.01. The minimum absolute atomic E-state index is 0.180. The summed E-state index contributed by atoms with van der Waals surface area (Å²) in [6, 6.07) is 4.84. The van der Waals surface area contributed by atoms with Crippen LogP contribution in [-0.2, 0) is 0 Å². The molecule has 3 N–H and O–H groups in total. The molecule has 1 saturated heterocycles. The van der Waals surface area contributed by atoms with Gasteiger partial charge in [0, 0.05) is 36.4 Å². The van der Waals surface area contributed by atoms with E-state index in [2.05, 4.69) is 9.80 Å². The van der Waals surface area contributed by atoms with E-state index in [1.807, 2.05) is 20.2 Å². The van der Waals surface area contributed by atoms with E-state index < -0.39 is 0 Å². The first kappa shape index (κ1) is 15.2. The zero-order chi connectivity index (χ0) is 14.9. The van der Waals surface area contributed by atoms with Crippen molar-refractivity contribution in [3.05, 3.63) is 29.6 Å². The number of aliphatic hydroxyl groups excluding tert-OH is 1. The average Bonchev–Trinajstić information content (AvgIpc) is 2.68. The number of hydrogen-bond donors (Lipinski definition) is 2. The molecule has 0 amide bonds. The highest BCUT2D eigenvalue weighted by atomic mass is 19.1. The van der Waals surface area contributed by atoms with Gasteiger partial charge in [0.15, 0.2) is 0 Å². The molecule has 2 unspecified atom stereocenters. The molecule has 1 aromatic carbocycles. The van der Waals surface area contributed by atoms with E-state index in [-0.39, 0.29) is 24.0 Å². The van der Waals surface area contributed by atoms with Crippen molar-refractivity contribution in [2.75, 3.05) is 32.1 Å². The van der Waals surface area contributed by atoms with Gasteiger partial charge in [0.25, 0.3) is 0 Å². The van der Waals surface area contributed by atoms with Crippen LogP contribution in [0.1, 0.15) is 24.9 Å². The molecule has 3 atom stereocenters. The molecule has 112 valence electrons. The molecule has 1 aliphatic heterocycles. The van der Waals surface area contributed by atoms with Crippen LogP contribution >= 0.6 is 0 Å². The molecule has 5 heteroatoms. The Hall–Kier alpha value is -1.17. The van der Waals surface area contributed by atoms with Crippen molar-refractivity contribution < 1.29 is 9.50 Å². The summed E-state index contributed by atoms with van der Waals surface area (Å²) >= 11 is 0. The molecule has 0 saturated carbocycles. The Morgan fingerprint density at radius 3 is 2.80 bits per heavy atom. The van der Waals surface area contributed by atoms with Crippen LogP contribution in [-0.4, -0.2) is 49.3 Å². The second kappa shape index (κ2) is 6.08. The Kier molecular flexibility index (Phi) is 4.62. The maximum Gasteiger partial charge on any atom is 0.130 e. The molecule has 0 aliphatic carbocycles. The van der Waals surface area contributed by atoms with Crippen molar-refractivity contribution in [2.45, 2.75) is 31.5 Å². The highest BCUT2D eigenvalue weighted by Gasteiger charge is 2.33. The number of halogens is 1. The van der Waals surface area contributed by atoms with Crippen molar-refractivity contribution in [1.82, 2.24) is 4.90 Å². The average molecular weight is 281 g/mol. The minimum Gasteiger partial charge on any atom is -0.391 e. The first-order valence-electron chi connectivity index (χ1n) is 7.03. The first-order chi connectivity index (χ1) is 9.40. The van der Waals surface area contributed by atoms with Crippen LogP contribution in [0.15, 0.2) is 18.2 Å². The lowest BCUT2D eigenvalue weighted by Gasteiger charge is -2.31. The molecule has 0 radical (unpaired) electrons. The molecule has 1 fully saturated rings. The van der Waals surface area contributed by atoms with Gasteiger partial charge in [0.05, 0.1) is 6.10 Å². The Labute approximate surface area is 120 Å². The summed E-state index contributed by atoms with van der Waals surface area (Å²) < 4.78 is 14.1. The van der Waals surface area contributed by atoms with Gasteiger partial charge in [-0.2, -0.15) is 0 Å². The van der Waals surface area contributed by atoms with E-state index in [0.29, 0.717) is 18.5 Å². The predicted molar refractivity (Wildman–Crippen MR) is 79.3 cm³/mol. The fraction of sp³-hybridized carbons (Fsp3) is 0.600. The second-order valence-electron chi connectivity index (χ2n) is 5.92. The Morgan fingerprint density at radius 1 is 1.50 bits per heavy atom. The van der Waals surface area contributed by atoms with Crippen LogP contribution in [0.4, 0.5) is 10.1 Å². The Balaban J connectivity index is 2.36. The van der Waals surface area contributed by atoms with Crippen LogP contribution in [0.2, 0.25) is 0 Å². The van der Waals surface area contributed by atoms with Crippen molar-refractivity contribution in [1.29, 1.82) is 0 Å². The molecule has 4 nitrogen and oxygen atoms in total. The largest absolute Gasteiger partial charge is 0.391 e. The number of hydrogen-bond acceptors (Lipinski definition) is 4. The number of benzene rings is 1. The van der Waals surface area contributed by atoms with Gasteiger partial charge < -0.3 is 20.6 Å². The molecule has 20 heavy (non-hydrogen) atoms. The Bertz CT molecular complexity index is 464. The first-order valence-corrected chi connectivity index (χ1v) is 7.03. The van der Waals surface area contributed by atoms with Crippen molar-refractivity contribution >= 4 is 5.69 Å². The maximum atomic E-state index is 14.1. The lowest BCUT2D eigenvalue weighted by atomic mass is 10.0. The highest BCUT2D eigenvalue weighted by molar-refractivity contribution is 5.57. The Morgan fingerprint density at radius 2 is 2.20 bits per heavy atom. The van der Waals surface area contributed by atoms with Gasteiger partial charge in [-0.3, -0.25) is 0 Å². The van der Waals surface area contributed by atoms with Gasteiger partial charge in [0.2, 0.25) is 0 Å². The zero-order valence-corrected chi connectivity index (χ0v) is 12.4. The summed E-state index contributed by atoms with van der Waals surface area (Å²) in [6.45, 7) is 3.14. The summed E-state index contributed by atoms with van der Waals surface area (Å²) in [5.41, 5.74) is 7.27. The smallest absolute Gasteiger partial charge is 0.130 e. The van der Waals surface area contributed by atoms with Crippen LogP contribution in [0, 0.1) is 5.82 Å². The molecular weight excluding hydrogens is 257 g/mol. The van der Waals surface area contributed by atoms with Crippen molar-refractivity contribution in [3.8, 4) is 0 Å². The van der Waals surface area contributed by atoms with Gasteiger partial charge in [-0.05, 0) is 39.6 Å². The normalized spacial score (nSPS) is 24.4. The van der Waals surface area contributed by atoms with Crippen molar-refractivity contribution in [2.24, 2.45) is 5.73 Å². The van der Waals surface area contributed by atoms with Crippen LogP contribution in [0.3, 0.4) is 0 Å². The maximum absolute atomic E-state index is 14.1. The molecular formula is C15H24FN3O. The van der Waals surface area contributed by atoms with Crippen LogP contribution in [0.25, 0.3) is 0 Å². The van der Waals surface area contributed by atoms with E-state index >= 15 is 0 Å². The predicted octanol–water partition coefficient (Wildman–Crippen LogP) is 1.35. The monoisotopic (exact) mass is 281 g/mol. The van der Waals surface area contributed by atoms with E-state index in [9.17, 15) is 9.50 Å². The van der Waals surface area contributed by atoms with Crippen molar-refractivity contribution in [3.63, 3.8) is 0 Å². The standard InChI is InChI=1S/C15H24FN3O/c1-10(17)15-13(16)5-4-6-14(15)19-9-12(20)7-11(19)8-18(2)3/h4-6,10-12,20H,7-9,17H2,1-3H3/t10-,11?,12?/m0/s1. The van der Waals surface area contributed by atoms with Gasteiger partial charge in [-0.25, -0.2) is 4.39 Å². The third-order valence-electron chi connectivity index (χ3n) is 3.76. The number of aliphatic hydroxyl groups is 1. The number of nitrogens with zero attached hydrogens (tertiary/aromatic N) is 2. The van der Waals surface area contributed by atoms with E-state index in [0.717, 1.165) is 12.2 Å². The number of likely N-dealkylation sites (N-methyl/N-ethyl adjacent to an activating group) is 1. The van der Waals surface area contributed by atoms with Crippen LogP contribution in [0.5, 0.6) is 0 Å². The quantitative estimate of drug-likeness (QED) is 0.874. The summed E-state index contributed by atoms with van der Waals surface area (Å²) in [5.74, 6) is -0.275. The van der Waals surface area contributed by atoms with E-state index in [1.165, 1.54) is 6.07 Å². The summed E-state index contributed by atoms with van der Waals surface area (Å²) in [6.07, 6.45) is 0.330. The molecule has 0 aromatic heterocycles. The molecule has 1 aliphatic rings. The van der Waals surface area contributed by atoms with E-state index in [4.69, 9.17) is 5.73 Å². The molecule has 2 rings (SSSR count). The topological polar surface area (TPSA) is 52.7 Å². The van der Waals surface area contributed by atoms with Crippen LogP contribution < -0.4 is 10.6 Å². The lowest BCUT2D eigenvalue weighted by molar-refractivity contribution is 0.191. The fourth-order valence-corrected chi connectivity index (χ4v) is 3.01.